The average Bonchev–Trinajstić information content (AvgIpc) is 2.68. The molecule has 1 heterocycles. The summed E-state index contributed by atoms with van der Waals surface area (Å²) >= 11 is 0. The maximum Gasteiger partial charge on any atom is 0.246 e. The number of aryl methyl sites for hydroxylation is 1. The van der Waals surface area contributed by atoms with Gasteiger partial charge in [-0.15, -0.1) is 0 Å². The van der Waals surface area contributed by atoms with Gasteiger partial charge >= 0.3 is 0 Å². The van der Waals surface area contributed by atoms with Gasteiger partial charge in [0.1, 0.15) is 0 Å². The van der Waals surface area contributed by atoms with Crippen LogP contribution in [0.3, 0.4) is 0 Å². The second kappa shape index (κ2) is 8.82. The molecule has 3 rings (SSSR count). The molecule has 27 heavy (non-hydrogen) atoms. The summed E-state index contributed by atoms with van der Waals surface area (Å²) in [4.78, 5) is 16.6. The number of halogens is 1. The lowest BCUT2D eigenvalue weighted by atomic mass is 10.1. The van der Waals surface area contributed by atoms with Crippen LogP contribution in [0.15, 0.2) is 48.5 Å². The van der Waals surface area contributed by atoms with E-state index >= 15 is 0 Å². The molecule has 0 N–H and O–H groups in total. The highest BCUT2D eigenvalue weighted by Gasteiger charge is 2.20. The molecular weight excluding hydrogens is 343 g/mol. The minimum Gasteiger partial charge on any atom is -0.494 e. The van der Waals surface area contributed by atoms with Crippen molar-refractivity contribution in [3.05, 3.63) is 71.0 Å². The van der Waals surface area contributed by atoms with Crippen LogP contribution in [0.1, 0.15) is 16.7 Å². The summed E-state index contributed by atoms with van der Waals surface area (Å²) in [6.45, 7) is 6.14. The first-order chi connectivity index (χ1) is 13.1. The standard InChI is InChI=1S/C22H25FN2O2/c1-17-5-3-4-6-19(17)16-24-11-13-25(14-12-24)22(26)10-8-18-7-9-21(27-2)20(23)15-18/h3-10,15H,11-14,16H2,1-2H3/b10-8+. The van der Waals surface area contributed by atoms with E-state index in [2.05, 4.69) is 36.1 Å². The number of carbonyl (C=O) groups is 1. The van der Waals surface area contributed by atoms with Crippen LogP contribution in [0, 0.1) is 12.7 Å². The van der Waals surface area contributed by atoms with Crippen LogP contribution in [0.2, 0.25) is 0 Å². The van der Waals surface area contributed by atoms with Gasteiger partial charge in [-0.05, 0) is 41.8 Å². The van der Waals surface area contributed by atoms with Crippen molar-refractivity contribution in [2.24, 2.45) is 0 Å². The normalized spacial score (nSPS) is 15.3. The Hall–Kier alpha value is -2.66. The van der Waals surface area contributed by atoms with Crippen molar-refractivity contribution in [1.29, 1.82) is 0 Å². The molecule has 1 aliphatic rings. The Bertz CT molecular complexity index is 827. The Morgan fingerprint density at radius 1 is 1.15 bits per heavy atom. The molecule has 0 unspecified atom stereocenters. The minimum absolute atomic E-state index is 0.0400. The van der Waals surface area contributed by atoms with Gasteiger partial charge in [0.05, 0.1) is 7.11 Å². The molecule has 2 aromatic rings. The minimum atomic E-state index is -0.433. The highest BCUT2D eigenvalue weighted by atomic mass is 19.1. The molecule has 0 bridgehead atoms. The zero-order valence-corrected chi connectivity index (χ0v) is 15.8. The molecule has 142 valence electrons. The van der Waals surface area contributed by atoms with Gasteiger partial charge in [0, 0.05) is 38.8 Å². The van der Waals surface area contributed by atoms with Crippen LogP contribution >= 0.6 is 0 Å². The molecule has 0 saturated carbocycles. The fourth-order valence-corrected chi connectivity index (χ4v) is 3.21. The van der Waals surface area contributed by atoms with Crippen LogP contribution in [-0.4, -0.2) is 49.0 Å². The van der Waals surface area contributed by atoms with Crippen molar-refractivity contribution in [3.8, 4) is 5.75 Å². The first kappa shape index (κ1) is 19.1. The summed E-state index contributed by atoms with van der Waals surface area (Å²) in [5.74, 6) is -0.276. The van der Waals surface area contributed by atoms with E-state index in [1.54, 1.807) is 18.2 Å². The summed E-state index contributed by atoms with van der Waals surface area (Å²) in [6.07, 6.45) is 3.16. The van der Waals surface area contributed by atoms with Gasteiger partial charge < -0.3 is 9.64 Å². The number of piperazine rings is 1. The number of hydrogen-bond donors (Lipinski definition) is 0. The lowest BCUT2D eigenvalue weighted by Gasteiger charge is -2.34. The Balaban J connectivity index is 1.52. The topological polar surface area (TPSA) is 32.8 Å². The second-order valence-corrected chi connectivity index (χ2v) is 6.76. The Kier molecular flexibility index (Phi) is 6.24. The Morgan fingerprint density at radius 3 is 2.56 bits per heavy atom. The molecule has 0 atom stereocenters. The maximum atomic E-state index is 13.7. The maximum absolute atomic E-state index is 13.7. The molecule has 0 aliphatic carbocycles. The summed E-state index contributed by atoms with van der Waals surface area (Å²) in [5.41, 5.74) is 3.27. The molecular formula is C22H25FN2O2. The summed E-state index contributed by atoms with van der Waals surface area (Å²) in [6, 6.07) is 13.1. The van der Waals surface area contributed by atoms with Gasteiger partial charge in [-0.25, -0.2) is 4.39 Å². The quantitative estimate of drug-likeness (QED) is 0.758. The molecule has 1 saturated heterocycles. The van der Waals surface area contributed by atoms with E-state index in [9.17, 15) is 9.18 Å². The molecule has 1 amide bonds. The van der Waals surface area contributed by atoms with Gasteiger partial charge in [-0.2, -0.15) is 0 Å². The van der Waals surface area contributed by atoms with Crippen molar-refractivity contribution in [1.82, 2.24) is 9.80 Å². The average molecular weight is 368 g/mol. The van der Waals surface area contributed by atoms with Gasteiger partial charge in [0.2, 0.25) is 5.91 Å². The molecule has 1 fully saturated rings. The van der Waals surface area contributed by atoms with E-state index in [4.69, 9.17) is 4.74 Å². The van der Waals surface area contributed by atoms with E-state index in [0.717, 1.165) is 19.6 Å². The van der Waals surface area contributed by atoms with E-state index in [-0.39, 0.29) is 11.7 Å². The molecule has 5 heteroatoms. The molecule has 0 spiro atoms. The first-order valence-electron chi connectivity index (χ1n) is 9.14. The monoisotopic (exact) mass is 368 g/mol. The number of amides is 1. The van der Waals surface area contributed by atoms with Crippen LogP contribution < -0.4 is 4.74 Å². The largest absolute Gasteiger partial charge is 0.494 e. The fourth-order valence-electron chi connectivity index (χ4n) is 3.21. The zero-order valence-electron chi connectivity index (χ0n) is 15.8. The number of benzene rings is 2. The van der Waals surface area contributed by atoms with Crippen LogP contribution in [0.5, 0.6) is 5.75 Å². The van der Waals surface area contributed by atoms with Crippen molar-refractivity contribution < 1.29 is 13.9 Å². The number of nitrogens with zero attached hydrogens (tertiary/aromatic N) is 2. The molecule has 4 nitrogen and oxygen atoms in total. The van der Waals surface area contributed by atoms with Crippen molar-refractivity contribution in [3.63, 3.8) is 0 Å². The lowest BCUT2D eigenvalue weighted by Crippen LogP contribution is -2.47. The predicted octanol–water partition coefficient (Wildman–Crippen LogP) is 3.50. The van der Waals surface area contributed by atoms with E-state index < -0.39 is 5.82 Å². The first-order valence-corrected chi connectivity index (χ1v) is 9.14. The third kappa shape index (κ3) is 4.95. The van der Waals surface area contributed by atoms with Gasteiger partial charge in [-0.3, -0.25) is 9.69 Å². The highest BCUT2D eigenvalue weighted by molar-refractivity contribution is 5.91. The predicted molar refractivity (Wildman–Crippen MR) is 105 cm³/mol. The van der Waals surface area contributed by atoms with Crippen LogP contribution in [0.4, 0.5) is 4.39 Å². The molecule has 1 aliphatic heterocycles. The van der Waals surface area contributed by atoms with Crippen molar-refractivity contribution >= 4 is 12.0 Å². The van der Waals surface area contributed by atoms with Crippen molar-refractivity contribution in [2.75, 3.05) is 33.3 Å². The number of ether oxygens (including phenoxy) is 1. The van der Waals surface area contributed by atoms with Crippen LogP contribution in [0.25, 0.3) is 6.08 Å². The number of rotatable bonds is 5. The van der Waals surface area contributed by atoms with E-state index in [1.165, 1.54) is 30.4 Å². The van der Waals surface area contributed by atoms with Gasteiger partial charge in [0.25, 0.3) is 0 Å². The van der Waals surface area contributed by atoms with E-state index in [1.807, 2.05) is 4.90 Å². The Morgan fingerprint density at radius 2 is 1.89 bits per heavy atom. The number of carbonyl (C=O) groups excluding carboxylic acids is 1. The van der Waals surface area contributed by atoms with Gasteiger partial charge in [0.15, 0.2) is 11.6 Å². The number of methoxy groups -OCH3 is 1. The van der Waals surface area contributed by atoms with E-state index in [0.29, 0.717) is 18.7 Å². The third-order valence-electron chi connectivity index (χ3n) is 4.93. The Labute approximate surface area is 159 Å². The second-order valence-electron chi connectivity index (χ2n) is 6.76. The SMILES string of the molecule is COc1ccc(/C=C/C(=O)N2CCN(Cc3ccccc3C)CC2)cc1F. The van der Waals surface area contributed by atoms with Crippen molar-refractivity contribution in [2.45, 2.75) is 13.5 Å². The molecule has 0 radical (unpaired) electrons. The lowest BCUT2D eigenvalue weighted by molar-refractivity contribution is -0.127. The molecule has 0 aromatic heterocycles. The third-order valence-corrected chi connectivity index (χ3v) is 4.93. The fraction of sp³-hybridized carbons (Fsp3) is 0.318. The summed E-state index contributed by atoms with van der Waals surface area (Å²) in [5, 5.41) is 0. The number of hydrogen-bond acceptors (Lipinski definition) is 3. The summed E-state index contributed by atoms with van der Waals surface area (Å²) in [7, 11) is 1.43. The summed E-state index contributed by atoms with van der Waals surface area (Å²) < 4.78 is 18.6. The van der Waals surface area contributed by atoms with Gasteiger partial charge in [-0.1, -0.05) is 30.3 Å². The highest BCUT2D eigenvalue weighted by Crippen LogP contribution is 2.18. The molecule has 2 aromatic carbocycles. The van der Waals surface area contributed by atoms with Crippen LogP contribution in [-0.2, 0) is 11.3 Å². The smallest absolute Gasteiger partial charge is 0.246 e. The zero-order chi connectivity index (χ0) is 19.2.